The molecule has 0 unspecified atom stereocenters. The average Bonchev–Trinajstić information content (AvgIpc) is 2.68. The first-order valence-electron chi connectivity index (χ1n) is 8.55. The average molecular weight is 373 g/mol. The van der Waals surface area contributed by atoms with E-state index in [0.717, 1.165) is 31.9 Å². The molecule has 7 heteroatoms. The molecule has 26 heavy (non-hydrogen) atoms. The maximum atomic E-state index is 13.1. The van der Waals surface area contributed by atoms with Gasteiger partial charge in [-0.25, -0.2) is 8.42 Å². The second kappa shape index (κ2) is 7.47. The number of carbonyl (C=O) groups excluding carboxylic acids is 1. The van der Waals surface area contributed by atoms with E-state index in [1.165, 1.54) is 11.8 Å². The summed E-state index contributed by atoms with van der Waals surface area (Å²) in [4.78, 5) is 15.9. The number of rotatable bonds is 4. The largest absolute Gasteiger partial charge is 0.369 e. The monoisotopic (exact) mass is 373 g/mol. The van der Waals surface area contributed by atoms with E-state index in [2.05, 4.69) is 10.2 Å². The van der Waals surface area contributed by atoms with Crippen molar-refractivity contribution in [2.24, 2.45) is 0 Å². The molecule has 2 aromatic rings. The van der Waals surface area contributed by atoms with Crippen molar-refractivity contribution in [2.75, 3.05) is 43.0 Å². The quantitative estimate of drug-likeness (QED) is 0.887. The fraction of sp³-hybridized carbons (Fsp3) is 0.316. The smallest absolute Gasteiger partial charge is 0.223 e. The molecule has 1 N–H and O–H groups in total. The summed E-state index contributed by atoms with van der Waals surface area (Å²) in [5.41, 5.74) is 1.32. The fourth-order valence-electron chi connectivity index (χ4n) is 3.01. The normalized spacial score (nSPS) is 14.9. The molecule has 1 saturated heterocycles. The molecule has 0 atom stereocenters. The van der Waals surface area contributed by atoms with Crippen LogP contribution in [0.15, 0.2) is 58.3 Å². The summed E-state index contributed by atoms with van der Waals surface area (Å²) in [7, 11) is -2.12. The van der Waals surface area contributed by atoms with Crippen LogP contribution in [0.4, 0.5) is 11.4 Å². The SMILES string of the molecule is CC(=O)N(C)c1cc(N2CCNCC2)ccc1S(=O)(=O)c1ccccc1. The molecule has 1 aliphatic rings. The van der Waals surface area contributed by atoms with Crippen molar-refractivity contribution in [2.45, 2.75) is 16.7 Å². The number of hydrogen-bond donors (Lipinski definition) is 1. The van der Waals surface area contributed by atoms with Gasteiger partial charge in [-0.2, -0.15) is 0 Å². The molecule has 6 nitrogen and oxygen atoms in total. The van der Waals surface area contributed by atoms with Crippen LogP contribution in [0.2, 0.25) is 0 Å². The lowest BCUT2D eigenvalue weighted by atomic mass is 10.2. The topological polar surface area (TPSA) is 69.7 Å². The molecule has 0 aromatic heterocycles. The van der Waals surface area contributed by atoms with Gasteiger partial charge in [0.15, 0.2) is 0 Å². The molecule has 1 fully saturated rings. The zero-order valence-corrected chi connectivity index (χ0v) is 15.8. The summed E-state index contributed by atoms with van der Waals surface area (Å²) >= 11 is 0. The first-order valence-corrected chi connectivity index (χ1v) is 10.0. The number of amides is 1. The van der Waals surface area contributed by atoms with E-state index in [1.54, 1.807) is 49.5 Å². The van der Waals surface area contributed by atoms with Crippen LogP contribution in [0.3, 0.4) is 0 Å². The summed E-state index contributed by atoms with van der Waals surface area (Å²) in [6.07, 6.45) is 0. The predicted molar refractivity (Wildman–Crippen MR) is 103 cm³/mol. The van der Waals surface area contributed by atoms with Gasteiger partial charge in [-0.1, -0.05) is 18.2 Å². The van der Waals surface area contributed by atoms with E-state index >= 15 is 0 Å². The first-order chi connectivity index (χ1) is 12.4. The minimum Gasteiger partial charge on any atom is -0.369 e. The Balaban J connectivity index is 2.11. The van der Waals surface area contributed by atoms with Crippen LogP contribution in [-0.4, -0.2) is 47.6 Å². The Morgan fingerprint density at radius 2 is 1.73 bits per heavy atom. The molecule has 0 spiro atoms. The number of benzene rings is 2. The Kier molecular flexibility index (Phi) is 5.29. The zero-order valence-electron chi connectivity index (χ0n) is 15.0. The highest BCUT2D eigenvalue weighted by Crippen LogP contribution is 2.33. The van der Waals surface area contributed by atoms with Crippen molar-refractivity contribution in [3.8, 4) is 0 Å². The standard InChI is InChI=1S/C19H23N3O3S/c1-15(23)21(2)18-14-16(22-12-10-20-11-13-22)8-9-19(18)26(24,25)17-6-4-3-5-7-17/h3-9,14,20H,10-13H2,1-2H3. The highest BCUT2D eigenvalue weighted by molar-refractivity contribution is 7.91. The Labute approximate surface area is 154 Å². The van der Waals surface area contributed by atoms with E-state index in [1.807, 2.05) is 6.07 Å². The van der Waals surface area contributed by atoms with E-state index in [4.69, 9.17) is 0 Å². The van der Waals surface area contributed by atoms with Crippen LogP contribution >= 0.6 is 0 Å². The van der Waals surface area contributed by atoms with E-state index in [9.17, 15) is 13.2 Å². The molecule has 2 aromatic carbocycles. The van der Waals surface area contributed by atoms with Crippen molar-refractivity contribution in [3.05, 3.63) is 48.5 Å². The van der Waals surface area contributed by atoms with Gasteiger partial charge in [-0.3, -0.25) is 4.79 Å². The highest BCUT2D eigenvalue weighted by Gasteiger charge is 2.25. The first kappa shape index (κ1) is 18.4. The molecule has 0 saturated carbocycles. The van der Waals surface area contributed by atoms with Crippen molar-refractivity contribution in [3.63, 3.8) is 0 Å². The maximum Gasteiger partial charge on any atom is 0.223 e. The Hall–Kier alpha value is -2.38. The number of nitrogens with one attached hydrogen (secondary N) is 1. The number of nitrogens with zero attached hydrogens (tertiary/aromatic N) is 2. The third-order valence-electron chi connectivity index (χ3n) is 4.60. The molecule has 1 amide bonds. The predicted octanol–water partition coefficient (Wildman–Crippen LogP) is 1.91. The molecular weight excluding hydrogens is 350 g/mol. The van der Waals surface area contributed by atoms with Crippen LogP contribution in [0.5, 0.6) is 0 Å². The fourth-order valence-corrected chi connectivity index (χ4v) is 4.50. The third-order valence-corrected chi connectivity index (χ3v) is 6.42. The minimum absolute atomic E-state index is 0.139. The van der Waals surface area contributed by atoms with Gasteiger partial charge in [0.05, 0.1) is 15.5 Å². The lowest BCUT2D eigenvalue weighted by molar-refractivity contribution is -0.116. The van der Waals surface area contributed by atoms with Gasteiger partial charge in [-0.15, -0.1) is 0 Å². The van der Waals surface area contributed by atoms with Crippen LogP contribution in [0.25, 0.3) is 0 Å². The summed E-state index contributed by atoms with van der Waals surface area (Å²) in [6.45, 7) is 4.86. The summed E-state index contributed by atoms with van der Waals surface area (Å²) in [5, 5.41) is 3.30. The molecular formula is C19H23N3O3S. The molecule has 138 valence electrons. The van der Waals surface area contributed by atoms with Gasteiger partial charge < -0.3 is 15.1 Å². The minimum atomic E-state index is -3.72. The summed E-state index contributed by atoms with van der Waals surface area (Å²) in [5.74, 6) is -0.216. The Morgan fingerprint density at radius 3 is 2.35 bits per heavy atom. The van der Waals surface area contributed by atoms with Gasteiger partial charge in [0.1, 0.15) is 0 Å². The van der Waals surface area contributed by atoms with Crippen molar-refractivity contribution in [1.29, 1.82) is 0 Å². The molecule has 0 bridgehead atoms. The lowest BCUT2D eigenvalue weighted by Crippen LogP contribution is -2.43. The van der Waals surface area contributed by atoms with Crippen LogP contribution in [0, 0.1) is 0 Å². The molecule has 3 rings (SSSR count). The number of carbonyl (C=O) groups is 1. The van der Waals surface area contributed by atoms with Crippen LogP contribution < -0.4 is 15.1 Å². The lowest BCUT2D eigenvalue weighted by Gasteiger charge is -2.31. The van der Waals surface area contributed by atoms with E-state index in [0.29, 0.717) is 5.69 Å². The Bertz CT molecular complexity index is 892. The maximum absolute atomic E-state index is 13.1. The molecule has 0 radical (unpaired) electrons. The molecule has 0 aliphatic carbocycles. The summed E-state index contributed by atoms with van der Waals surface area (Å²) in [6, 6.07) is 13.5. The number of hydrogen-bond acceptors (Lipinski definition) is 5. The number of anilines is 2. The third kappa shape index (κ3) is 3.59. The van der Waals surface area contributed by atoms with Crippen molar-refractivity contribution in [1.82, 2.24) is 5.32 Å². The second-order valence-corrected chi connectivity index (χ2v) is 8.20. The Morgan fingerprint density at radius 1 is 1.08 bits per heavy atom. The zero-order chi connectivity index (χ0) is 18.7. The van der Waals surface area contributed by atoms with Crippen molar-refractivity contribution >= 4 is 27.1 Å². The van der Waals surface area contributed by atoms with Gasteiger partial charge in [0, 0.05) is 45.8 Å². The van der Waals surface area contributed by atoms with Gasteiger partial charge in [-0.05, 0) is 30.3 Å². The molecule has 1 heterocycles. The summed E-state index contributed by atoms with van der Waals surface area (Å²) < 4.78 is 26.2. The highest BCUT2D eigenvalue weighted by atomic mass is 32.2. The number of sulfone groups is 1. The van der Waals surface area contributed by atoms with E-state index in [-0.39, 0.29) is 15.7 Å². The number of piperazine rings is 1. The van der Waals surface area contributed by atoms with Gasteiger partial charge in [0.2, 0.25) is 15.7 Å². The van der Waals surface area contributed by atoms with Crippen LogP contribution in [-0.2, 0) is 14.6 Å². The van der Waals surface area contributed by atoms with Crippen LogP contribution in [0.1, 0.15) is 6.92 Å². The van der Waals surface area contributed by atoms with Gasteiger partial charge in [0.25, 0.3) is 0 Å². The second-order valence-electron chi connectivity index (χ2n) is 6.28. The van der Waals surface area contributed by atoms with Gasteiger partial charge >= 0.3 is 0 Å². The van der Waals surface area contributed by atoms with E-state index < -0.39 is 9.84 Å². The van der Waals surface area contributed by atoms with Crippen molar-refractivity contribution < 1.29 is 13.2 Å². The molecule has 1 aliphatic heterocycles.